The normalized spacial score (nSPS) is 21.4. The Hall–Kier alpha value is -3.95. The van der Waals surface area contributed by atoms with E-state index >= 15 is 0 Å². The van der Waals surface area contributed by atoms with Gasteiger partial charge < -0.3 is 9.57 Å². The fourth-order valence-electron chi connectivity index (χ4n) is 4.49. The van der Waals surface area contributed by atoms with E-state index in [9.17, 15) is 37.2 Å². The number of halogens is 4. The molecule has 1 aliphatic carbocycles. The van der Waals surface area contributed by atoms with Gasteiger partial charge in [0.15, 0.2) is 0 Å². The molecule has 1 aromatic carbocycles. The molecule has 1 aromatic heterocycles. The molecule has 2 atom stereocenters. The summed E-state index contributed by atoms with van der Waals surface area (Å²) in [6.45, 7) is 0. The first kappa shape index (κ1) is 23.2. The molecule has 2 unspecified atom stereocenters. The van der Waals surface area contributed by atoms with Gasteiger partial charge in [0, 0.05) is 25.1 Å². The lowest BCUT2D eigenvalue weighted by atomic mass is 9.83. The first-order valence-corrected chi connectivity index (χ1v) is 9.95. The molecule has 0 radical (unpaired) electrons. The number of rotatable bonds is 3. The number of ether oxygens (including phenoxy) is 1. The summed E-state index contributed by atoms with van der Waals surface area (Å²) in [6.07, 6.45) is -3.72. The highest BCUT2D eigenvalue weighted by Crippen LogP contribution is 2.46. The van der Waals surface area contributed by atoms with Gasteiger partial charge in [-0.3, -0.25) is 9.36 Å². The molecule has 34 heavy (non-hydrogen) atoms. The minimum Gasteiger partial charge on any atom is -0.466 e. The van der Waals surface area contributed by atoms with Crippen LogP contribution in [0.15, 0.2) is 32.9 Å². The second-order valence-electron chi connectivity index (χ2n) is 7.90. The van der Waals surface area contributed by atoms with Gasteiger partial charge >= 0.3 is 17.8 Å². The minimum absolute atomic E-state index is 0.0228. The highest BCUT2D eigenvalue weighted by atomic mass is 19.4. The summed E-state index contributed by atoms with van der Waals surface area (Å²) in [6, 6.07) is 3.67. The van der Waals surface area contributed by atoms with E-state index in [4.69, 9.17) is 9.57 Å². The lowest BCUT2D eigenvalue weighted by Gasteiger charge is -2.23. The van der Waals surface area contributed by atoms with Gasteiger partial charge in [-0.05, 0) is 25.0 Å². The molecule has 13 heteroatoms. The first-order chi connectivity index (χ1) is 16.0. The SMILES string of the molecule is COC(=O)C12CCCC1C(c1cc(-n3c(=O)cc(C(F)(F)F)n(C)c3=O)c(F)cc1C#N)=NO2. The van der Waals surface area contributed by atoms with Gasteiger partial charge in [0.05, 0.1) is 36.1 Å². The van der Waals surface area contributed by atoms with Crippen molar-refractivity contribution in [2.24, 2.45) is 18.1 Å². The maximum atomic E-state index is 14.9. The number of nitriles is 1. The predicted octanol–water partition coefficient (Wildman–Crippen LogP) is 2.01. The average molecular weight is 480 g/mol. The quantitative estimate of drug-likeness (QED) is 0.490. The Kier molecular flexibility index (Phi) is 5.34. The molecule has 0 bridgehead atoms. The molecule has 4 rings (SSSR count). The van der Waals surface area contributed by atoms with E-state index in [1.54, 1.807) is 6.07 Å². The monoisotopic (exact) mass is 480 g/mol. The van der Waals surface area contributed by atoms with Crippen molar-refractivity contribution >= 4 is 11.7 Å². The standard InChI is InChI=1S/C21H16F4N4O5/c1-28-15(21(23,24)25)8-16(30)29(19(28)32)14-7-11(10(9-26)6-13(14)22)17-12-4-3-5-20(12,34-27-17)18(31)33-2/h6-8,12H,3-5H2,1-2H3. The molecule has 2 aliphatic rings. The number of methoxy groups -OCH3 is 1. The van der Waals surface area contributed by atoms with Gasteiger partial charge in [-0.15, -0.1) is 0 Å². The zero-order valence-electron chi connectivity index (χ0n) is 17.8. The maximum Gasteiger partial charge on any atom is 0.431 e. The number of carbonyl (C=O) groups excluding carboxylic acids is 1. The average Bonchev–Trinajstić information content (AvgIpc) is 3.36. The number of oxime groups is 1. The van der Waals surface area contributed by atoms with Crippen LogP contribution in [0.1, 0.15) is 36.1 Å². The topological polar surface area (TPSA) is 116 Å². The largest absolute Gasteiger partial charge is 0.466 e. The summed E-state index contributed by atoms with van der Waals surface area (Å²) >= 11 is 0. The zero-order valence-corrected chi connectivity index (χ0v) is 17.8. The van der Waals surface area contributed by atoms with Gasteiger partial charge in [-0.1, -0.05) is 5.16 Å². The van der Waals surface area contributed by atoms with Crippen molar-refractivity contribution in [3.63, 3.8) is 0 Å². The number of benzene rings is 1. The molecule has 0 N–H and O–H groups in total. The number of hydrogen-bond donors (Lipinski definition) is 0. The van der Waals surface area contributed by atoms with Crippen molar-refractivity contribution < 1.29 is 31.9 Å². The van der Waals surface area contributed by atoms with Crippen LogP contribution in [0.5, 0.6) is 0 Å². The van der Waals surface area contributed by atoms with Gasteiger partial charge in [0.2, 0.25) is 5.60 Å². The summed E-state index contributed by atoms with van der Waals surface area (Å²) < 4.78 is 59.6. The lowest BCUT2D eigenvalue weighted by Crippen LogP contribution is -2.44. The fourth-order valence-corrected chi connectivity index (χ4v) is 4.49. The van der Waals surface area contributed by atoms with Crippen LogP contribution >= 0.6 is 0 Å². The Morgan fingerprint density at radius 2 is 2.03 bits per heavy atom. The van der Waals surface area contributed by atoms with E-state index in [0.717, 1.165) is 19.2 Å². The Morgan fingerprint density at radius 3 is 2.65 bits per heavy atom. The number of aromatic nitrogens is 2. The Morgan fingerprint density at radius 1 is 1.32 bits per heavy atom. The maximum absolute atomic E-state index is 14.9. The third-order valence-electron chi connectivity index (χ3n) is 6.11. The van der Waals surface area contributed by atoms with Crippen molar-refractivity contribution in [3.05, 3.63) is 61.7 Å². The van der Waals surface area contributed by atoms with Crippen LogP contribution in [0.2, 0.25) is 0 Å². The fraction of sp³-hybridized carbons (Fsp3) is 0.381. The molecule has 2 heterocycles. The van der Waals surface area contributed by atoms with Crippen molar-refractivity contribution in [2.75, 3.05) is 7.11 Å². The van der Waals surface area contributed by atoms with E-state index in [1.165, 1.54) is 7.11 Å². The van der Waals surface area contributed by atoms with Crippen molar-refractivity contribution in [1.29, 1.82) is 5.26 Å². The number of fused-ring (bicyclic) bond motifs is 1. The van der Waals surface area contributed by atoms with Crippen molar-refractivity contribution in [3.8, 4) is 11.8 Å². The summed E-state index contributed by atoms with van der Waals surface area (Å²) in [5, 5.41) is 13.5. The minimum atomic E-state index is -4.99. The Labute approximate surface area is 188 Å². The third kappa shape index (κ3) is 3.28. The second-order valence-corrected chi connectivity index (χ2v) is 7.90. The molecular formula is C21H16F4N4O5. The summed E-state index contributed by atoms with van der Waals surface area (Å²) in [4.78, 5) is 42.9. The van der Waals surface area contributed by atoms with E-state index in [1.807, 2.05) is 0 Å². The molecule has 0 amide bonds. The third-order valence-corrected chi connectivity index (χ3v) is 6.11. The molecule has 9 nitrogen and oxygen atoms in total. The molecule has 1 saturated carbocycles. The van der Waals surface area contributed by atoms with Gasteiger partial charge in [0.25, 0.3) is 5.56 Å². The highest BCUT2D eigenvalue weighted by molar-refractivity contribution is 6.08. The highest BCUT2D eigenvalue weighted by Gasteiger charge is 2.59. The van der Waals surface area contributed by atoms with Crippen LogP contribution in [0.3, 0.4) is 0 Å². The van der Waals surface area contributed by atoms with E-state index in [-0.39, 0.29) is 38.5 Å². The smallest absolute Gasteiger partial charge is 0.431 e. The molecule has 2 aromatic rings. The van der Waals surface area contributed by atoms with Gasteiger partial charge in [-0.25, -0.2) is 18.5 Å². The van der Waals surface area contributed by atoms with Crippen LogP contribution in [0, 0.1) is 23.1 Å². The molecule has 0 saturated heterocycles. The number of esters is 1. The number of alkyl halides is 3. The van der Waals surface area contributed by atoms with Crippen molar-refractivity contribution in [1.82, 2.24) is 9.13 Å². The van der Waals surface area contributed by atoms with Crippen LogP contribution in [-0.4, -0.2) is 33.5 Å². The first-order valence-electron chi connectivity index (χ1n) is 9.95. The Bertz CT molecular complexity index is 1400. The summed E-state index contributed by atoms with van der Waals surface area (Å²) in [7, 11) is 1.97. The molecular weight excluding hydrogens is 464 g/mol. The number of hydrogen-bond acceptors (Lipinski definition) is 7. The van der Waals surface area contributed by atoms with Crippen LogP contribution in [-0.2, 0) is 27.6 Å². The van der Waals surface area contributed by atoms with E-state index in [0.29, 0.717) is 12.8 Å². The zero-order chi connectivity index (χ0) is 25.0. The van der Waals surface area contributed by atoms with Crippen LogP contribution in [0.4, 0.5) is 17.6 Å². The molecule has 178 valence electrons. The van der Waals surface area contributed by atoms with Crippen molar-refractivity contribution in [2.45, 2.75) is 31.0 Å². The Balaban J connectivity index is 1.92. The van der Waals surface area contributed by atoms with Crippen LogP contribution in [0.25, 0.3) is 5.69 Å². The number of carbonyl (C=O) groups is 1. The van der Waals surface area contributed by atoms with Gasteiger partial charge in [-0.2, -0.15) is 18.4 Å². The lowest BCUT2D eigenvalue weighted by molar-refractivity contribution is -0.168. The molecule has 1 fully saturated rings. The predicted molar refractivity (Wildman–Crippen MR) is 107 cm³/mol. The van der Waals surface area contributed by atoms with Gasteiger partial charge in [0.1, 0.15) is 11.5 Å². The van der Waals surface area contributed by atoms with E-state index in [2.05, 4.69) is 5.16 Å². The van der Waals surface area contributed by atoms with E-state index < -0.39 is 52.1 Å². The second kappa shape index (κ2) is 7.82. The van der Waals surface area contributed by atoms with Crippen LogP contribution < -0.4 is 11.2 Å². The molecule has 1 aliphatic heterocycles. The molecule has 0 spiro atoms. The summed E-state index contributed by atoms with van der Waals surface area (Å²) in [5.74, 6) is -2.52. The number of nitrogens with zero attached hydrogens (tertiary/aromatic N) is 4. The summed E-state index contributed by atoms with van der Waals surface area (Å²) in [5.41, 5.74) is -6.61.